The molecular weight excluding hydrogens is 258 g/mol. The van der Waals surface area contributed by atoms with Crippen molar-refractivity contribution in [1.29, 1.82) is 0 Å². The summed E-state index contributed by atoms with van der Waals surface area (Å²) in [6, 6.07) is 0. The number of morpholine rings is 1. The molecule has 1 fully saturated rings. The lowest BCUT2D eigenvalue weighted by molar-refractivity contribution is -0.142. The third-order valence-corrected chi connectivity index (χ3v) is 4.79. The molecule has 0 aromatic rings. The number of hydrogen-bond donors (Lipinski definition) is 1. The second-order valence-electron chi connectivity index (χ2n) is 4.48. The van der Waals surface area contributed by atoms with Gasteiger partial charge in [0.25, 0.3) is 0 Å². The van der Waals surface area contributed by atoms with Gasteiger partial charge in [0.1, 0.15) is 9.84 Å². The predicted octanol–water partition coefficient (Wildman–Crippen LogP) is -0.0133. The highest BCUT2D eigenvalue weighted by molar-refractivity contribution is 7.91. The molecule has 0 bridgehead atoms. The first-order valence-corrected chi connectivity index (χ1v) is 8.01. The molecule has 0 radical (unpaired) electrons. The molecule has 18 heavy (non-hydrogen) atoms. The van der Waals surface area contributed by atoms with E-state index in [1.54, 1.807) is 6.92 Å². The van der Waals surface area contributed by atoms with Crippen LogP contribution >= 0.6 is 0 Å². The van der Waals surface area contributed by atoms with E-state index in [-0.39, 0.29) is 24.0 Å². The number of sulfone groups is 1. The highest BCUT2D eigenvalue weighted by atomic mass is 32.2. The number of ether oxygens (including phenoxy) is 1. The van der Waals surface area contributed by atoms with Gasteiger partial charge < -0.3 is 9.84 Å². The minimum Gasteiger partial charge on any atom is -0.481 e. The van der Waals surface area contributed by atoms with Crippen molar-refractivity contribution < 1.29 is 23.1 Å². The fraction of sp³-hybridized carbons (Fsp3) is 0.909. The quantitative estimate of drug-likeness (QED) is 0.705. The van der Waals surface area contributed by atoms with Gasteiger partial charge in [-0.15, -0.1) is 0 Å². The van der Waals surface area contributed by atoms with Crippen molar-refractivity contribution in [3.8, 4) is 0 Å². The molecule has 0 spiro atoms. The zero-order chi connectivity index (χ0) is 13.6. The van der Waals surface area contributed by atoms with Crippen LogP contribution in [0.4, 0.5) is 0 Å². The first-order valence-electron chi connectivity index (χ1n) is 6.19. The van der Waals surface area contributed by atoms with E-state index >= 15 is 0 Å². The lowest BCUT2D eigenvalue weighted by Crippen LogP contribution is -2.43. The second-order valence-corrected chi connectivity index (χ2v) is 6.95. The number of carboxylic acid groups (broad SMARTS) is 1. The van der Waals surface area contributed by atoms with Crippen molar-refractivity contribution in [1.82, 2.24) is 4.90 Å². The summed E-state index contributed by atoms with van der Waals surface area (Å²) in [6.45, 7) is 4.14. The molecule has 0 aromatic heterocycles. The van der Waals surface area contributed by atoms with Gasteiger partial charge in [0.05, 0.1) is 24.9 Å². The van der Waals surface area contributed by atoms with E-state index in [1.165, 1.54) is 0 Å². The van der Waals surface area contributed by atoms with Gasteiger partial charge in [-0.3, -0.25) is 9.69 Å². The molecule has 1 aliphatic heterocycles. The van der Waals surface area contributed by atoms with Gasteiger partial charge in [-0.1, -0.05) is 6.92 Å². The Morgan fingerprint density at radius 1 is 1.50 bits per heavy atom. The third kappa shape index (κ3) is 5.79. The standard InChI is InChI=1S/C11H21NO5S/c1-2-18(15,16)7-3-4-12-5-6-17-10(9-12)8-11(13)14/h10H,2-9H2,1H3,(H,13,14). The predicted molar refractivity (Wildman–Crippen MR) is 67.4 cm³/mol. The van der Waals surface area contributed by atoms with E-state index in [9.17, 15) is 13.2 Å². The highest BCUT2D eigenvalue weighted by Gasteiger charge is 2.22. The number of rotatable bonds is 7. The van der Waals surface area contributed by atoms with Crippen molar-refractivity contribution in [2.24, 2.45) is 0 Å². The van der Waals surface area contributed by atoms with Gasteiger partial charge >= 0.3 is 5.97 Å². The van der Waals surface area contributed by atoms with E-state index in [1.807, 2.05) is 0 Å². The Kier molecular flexibility index (Phi) is 6.04. The van der Waals surface area contributed by atoms with E-state index in [0.717, 1.165) is 6.54 Å². The van der Waals surface area contributed by atoms with E-state index in [0.29, 0.717) is 26.1 Å². The molecule has 1 unspecified atom stereocenters. The SMILES string of the molecule is CCS(=O)(=O)CCCN1CCOC(CC(=O)O)C1. The van der Waals surface area contributed by atoms with Crippen molar-refractivity contribution >= 4 is 15.8 Å². The average molecular weight is 279 g/mol. The van der Waals surface area contributed by atoms with Crippen LogP contribution in [0.25, 0.3) is 0 Å². The fourth-order valence-electron chi connectivity index (χ4n) is 1.95. The number of hydrogen-bond acceptors (Lipinski definition) is 5. The van der Waals surface area contributed by atoms with Gasteiger partial charge in [0.15, 0.2) is 0 Å². The van der Waals surface area contributed by atoms with Crippen molar-refractivity contribution in [3.63, 3.8) is 0 Å². The molecule has 106 valence electrons. The average Bonchev–Trinajstić information content (AvgIpc) is 2.28. The van der Waals surface area contributed by atoms with Gasteiger partial charge in [-0.2, -0.15) is 0 Å². The van der Waals surface area contributed by atoms with Crippen LogP contribution in [0.2, 0.25) is 0 Å². The second kappa shape index (κ2) is 7.06. The van der Waals surface area contributed by atoms with Crippen LogP contribution < -0.4 is 0 Å². The van der Waals surface area contributed by atoms with Gasteiger partial charge in [0.2, 0.25) is 0 Å². The zero-order valence-electron chi connectivity index (χ0n) is 10.7. The lowest BCUT2D eigenvalue weighted by Gasteiger charge is -2.32. The maximum Gasteiger partial charge on any atom is 0.306 e. The minimum absolute atomic E-state index is 0.00373. The maximum absolute atomic E-state index is 11.3. The largest absolute Gasteiger partial charge is 0.481 e. The number of aliphatic carboxylic acids is 1. The minimum atomic E-state index is -2.90. The molecule has 1 aliphatic rings. The number of carboxylic acids is 1. The summed E-state index contributed by atoms with van der Waals surface area (Å²) < 4.78 is 28.0. The lowest BCUT2D eigenvalue weighted by atomic mass is 10.2. The molecule has 1 heterocycles. The fourth-order valence-corrected chi connectivity index (χ4v) is 2.81. The van der Waals surface area contributed by atoms with E-state index in [4.69, 9.17) is 9.84 Å². The monoisotopic (exact) mass is 279 g/mol. The summed E-state index contributed by atoms with van der Waals surface area (Å²) in [6.07, 6.45) is 0.318. The molecule has 1 N–H and O–H groups in total. The van der Waals surface area contributed by atoms with Gasteiger partial charge in [-0.25, -0.2) is 8.42 Å². The first-order chi connectivity index (χ1) is 8.43. The first kappa shape index (κ1) is 15.4. The van der Waals surface area contributed by atoms with Gasteiger partial charge in [0, 0.05) is 18.8 Å². The molecule has 0 aromatic carbocycles. The normalized spacial score (nSPS) is 21.9. The van der Waals surface area contributed by atoms with Crippen LogP contribution in [0.5, 0.6) is 0 Å². The number of nitrogens with zero attached hydrogens (tertiary/aromatic N) is 1. The summed E-state index contributed by atoms with van der Waals surface area (Å²) in [7, 11) is -2.90. The maximum atomic E-state index is 11.3. The Bertz CT molecular complexity index is 368. The summed E-state index contributed by atoms with van der Waals surface area (Å²) >= 11 is 0. The highest BCUT2D eigenvalue weighted by Crippen LogP contribution is 2.09. The van der Waals surface area contributed by atoms with Crippen molar-refractivity contribution in [3.05, 3.63) is 0 Å². The molecule has 6 nitrogen and oxygen atoms in total. The third-order valence-electron chi connectivity index (χ3n) is 2.99. The van der Waals surface area contributed by atoms with E-state index in [2.05, 4.69) is 4.90 Å². The summed E-state index contributed by atoms with van der Waals surface area (Å²) in [4.78, 5) is 12.7. The number of carbonyl (C=O) groups is 1. The molecular formula is C11H21NO5S. The van der Waals surface area contributed by atoms with Crippen LogP contribution in [0.3, 0.4) is 0 Å². The van der Waals surface area contributed by atoms with Crippen LogP contribution in [0.15, 0.2) is 0 Å². The van der Waals surface area contributed by atoms with Crippen molar-refractivity contribution in [2.45, 2.75) is 25.9 Å². The summed E-state index contributed by atoms with van der Waals surface area (Å²) in [5.74, 6) is -0.488. The Morgan fingerprint density at radius 2 is 2.22 bits per heavy atom. The van der Waals surface area contributed by atoms with Crippen LogP contribution in [-0.4, -0.2) is 68.2 Å². The molecule has 1 rings (SSSR count). The van der Waals surface area contributed by atoms with Gasteiger partial charge in [-0.05, 0) is 13.0 Å². The molecule has 0 saturated carbocycles. The molecule has 1 atom stereocenters. The Labute approximate surface area is 108 Å². The Balaban J connectivity index is 2.28. The molecule has 0 aliphatic carbocycles. The summed E-state index contributed by atoms with van der Waals surface area (Å²) in [5, 5.41) is 8.69. The molecule has 7 heteroatoms. The van der Waals surface area contributed by atoms with E-state index < -0.39 is 15.8 Å². The Morgan fingerprint density at radius 3 is 2.83 bits per heavy atom. The van der Waals surface area contributed by atoms with Crippen LogP contribution in [0.1, 0.15) is 19.8 Å². The van der Waals surface area contributed by atoms with Crippen LogP contribution in [-0.2, 0) is 19.4 Å². The van der Waals surface area contributed by atoms with Crippen LogP contribution in [0, 0.1) is 0 Å². The van der Waals surface area contributed by atoms with Crippen molar-refractivity contribution in [2.75, 3.05) is 37.7 Å². The Hall–Kier alpha value is -0.660. The summed E-state index contributed by atoms with van der Waals surface area (Å²) in [5.41, 5.74) is 0. The molecule has 0 amide bonds. The smallest absolute Gasteiger partial charge is 0.306 e. The zero-order valence-corrected chi connectivity index (χ0v) is 11.5. The topological polar surface area (TPSA) is 83.9 Å². The molecule has 1 saturated heterocycles.